The molecule has 6 heteroatoms. The van der Waals surface area contributed by atoms with Gasteiger partial charge >= 0.3 is 0 Å². The van der Waals surface area contributed by atoms with E-state index in [0.29, 0.717) is 24.1 Å². The summed E-state index contributed by atoms with van der Waals surface area (Å²) >= 11 is 0. The number of benzene rings is 2. The molecule has 1 saturated heterocycles. The fourth-order valence-corrected chi connectivity index (χ4v) is 3.57. The van der Waals surface area contributed by atoms with Crippen LogP contribution in [0.4, 0.5) is 11.4 Å². The topological polar surface area (TPSA) is 67.2 Å². The maximum Gasteiger partial charge on any atom is 0.259 e. The third kappa shape index (κ3) is 3.41. The lowest BCUT2D eigenvalue weighted by atomic mass is 10.1. The fraction of sp³-hybridized carbons (Fsp3) is 0.227. The summed E-state index contributed by atoms with van der Waals surface area (Å²) in [4.78, 5) is 26.6. The zero-order chi connectivity index (χ0) is 19.5. The van der Waals surface area contributed by atoms with Crippen molar-refractivity contribution in [1.29, 1.82) is 0 Å². The Morgan fingerprint density at radius 2 is 1.89 bits per heavy atom. The first kappa shape index (κ1) is 18.0. The lowest BCUT2D eigenvalue weighted by Crippen LogP contribution is -2.23. The number of anilines is 2. The summed E-state index contributed by atoms with van der Waals surface area (Å²) in [5, 5.41) is 7.36. The van der Waals surface area contributed by atoms with Gasteiger partial charge in [0.2, 0.25) is 5.91 Å². The van der Waals surface area contributed by atoms with Gasteiger partial charge in [0.05, 0.1) is 23.1 Å². The molecular weight excluding hydrogens is 352 g/mol. The molecule has 1 fully saturated rings. The molecule has 1 aliphatic heterocycles. The van der Waals surface area contributed by atoms with Crippen molar-refractivity contribution in [1.82, 2.24) is 9.78 Å². The van der Waals surface area contributed by atoms with Gasteiger partial charge < -0.3 is 10.2 Å². The molecule has 1 aliphatic rings. The van der Waals surface area contributed by atoms with E-state index in [-0.39, 0.29) is 11.8 Å². The van der Waals surface area contributed by atoms with Crippen molar-refractivity contribution in [3.05, 3.63) is 72.1 Å². The number of nitrogens with one attached hydrogen (secondary N) is 1. The van der Waals surface area contributed by atoms with Crippen LogP contribution in [0, 0.1) is 0 Å². The molecule has 1 aromatic heterocycles. The zero-order valence-electron chi connectivity index (χ0n) is 15.8. The van der Waals surface area contributed by atoms with Crippen molar-refractivity contribution in [2.24, 2.45) is 0 Å². The predicted octanol–water partition coefficient (Wildman–Crippen LogP) is 3.81. The van der Waals surface area contributed by atoms with Crippen molar-refractivity contribution in [2.75, 3.05) is 16.8 Å². The van der Waals surface area contributed by atoms with Crippen LogP contribution >= 0.6 is 0 Å². The van der Waals surface area contributed by atoms with Crippen LogP contribution in [-0.2, 0) is 11.2 Å². The lowest BCUT2D eigenvalue weighted by molar-refractivity contribution is -0.117. The van der Waals surface area contributed by atoms with Gasteiger partial charge in [0.25, 0.3) is 5.91 Å². The maximum atomic E-state index is 12.9. The number of para-hydroxylation sites is 1. The molecule has 4 rings (SSSR count). The SMILES string of the molecule is CCc1c(C(=O)Nc2cccc(N3CCCC3=O)c2)cnn1-c1ccccc1. The molecule has 0 bridgehead atoms. The van der Waals surface area contributed by atoms with Gasteiger partial charge in [-0.3, -0.25) is 9.59 Å². The van der Waals surface area contributed by atoms with E-state index in [1.54, 1.807) is 15.8 Å². The zero-order valence-corrected chi connectivity index (χ0v) is 15.8. The first-order valence-corrected chi connectivity index (χ1v) is 9.51. The van der Waals surface area contributed by atoms with Crippen LogP contribution in [0.5, 0.6) is 0 Å². The number of aromatic nitrogens is 2. The van der Waals surface area contributed by atoms with Crippen LogP contribution in [0.15, 0.2) is 60.8 Å². The van der Waals surface area contributed by atoms with E-state index in [2.05, 4.69) is 10.4 Å². The van der Waals surface area contributed by atoms with E-state index in [4.69, 9.17) is 0 Å². The van der Waals surface area contributed by atoms with Crippen LogP contribution in [0.25, 0.3) is 5.69 Å². The third-order valence-electron chi connectivity index (χ3n) is 4.94. The number of nitrogens with zero attached hydrogens (tertiary/aromatic N) is 3. The normalized spacial score (nSPS) is 13.8. The molecule has 1 N–H and O–H groups in total. The van der Waals surface area contributed by atoms with E-state index < -0.39 is 0 Å². The van der Waals surface area contributed by atoms with Crippen LogP contribution in [-0.4, -0.2) is 28.1 Å². The average molecular weight is 374 g/mol. The number of amides is 2. The monoisotopic (exact) mass is 374 g/mol. The van der Waals surface area contributed by atoms with Gasteiger partial charge in [-0.1, -0.05) is 31.2 Å². The molecule has 2 amide bonds. The molecule has 0 saturated carbocycles. The molecule has 6 nitrogen and oxygen atoms in total. The van der Waals surface area contributed by atoms with Crippen LogP contribution in [0.1, 0.15) is 35.8 Å². The second-order valence-corrected chi connectivity index (χ2v) is 6.76. The van der Waals surface area contributed by atoms with Crippen molar-refractivity contribution < 1.29 is 9.59 Å². The Balaban J connectivity index is 1.58. The summed E-state index contributed by atoms with van der Waals surface area (Å²) in [6.45, 7) is 2.73. The van der Waals surface area contributed by atoms with Crippen LogP contribution in [0.3, 0.4) is 0 Å². The number of hydrogen-bond acceptors (Lipinski definition) is 3. The smallest absolute Gasteiger partial charge is 0.259 e. The van der Waals surface area contributed by atoms with E-state index in [1.165, 1.54) is 0 Å². The van der Waals surface area contributed by atoms with Gasteiger partial charge in [-0.15, -0.1) is 0 Å². The molecule has 28 heavy (non-hydrogen) atoms. The molecule has 0 radical (unpaired) electrons. The molecule has 0 spiro atoms. The highest BCUT2D eigenvalue weighted by Gasteiger charge is 2.22. The molecular formula is C22H22N4O2. The van der Waals surface area contributed by atoms with Crippen LogP contribution in [0.2, 0.25) is 0 Å². The summed E-state index contributed by atoms with van der Waals surface area (Å²) < 4.78 is 1.80. The molecule has 2 heterocycles. The Morgan fingerprint density at radius 1 is 1.11 bits per heavy atom. The highest BCUT2D eigenvalue weighted by Crippen LogP contribution is 2.25. The van der Waals surface area contributed by atoms with Crippen molar-refractivity contribution in [2.45, 2.75) is 26.2 Å². The van der Waals surface area contributed by atoms with E-state index in [0.717, 1.165) is 30.0 Å². The van der Waals surface area contributed by atoms with Crippen molar-refractivity contribution in [3.63, 3.8) is 0 Å². The van der Waals surface area contributed by atoms with Gasteiger partial charge in [-0.25, -0.2) is 4.68 Å². The van der Waals surface area contributed by atoms with E-state index in [9.17, 15) is 9.59 Å². The van der Waals surface area contributed by atoms with Gasteiger partial charge in [0.15, 0.2) is 0 Å². The summed E-state index contributed by atoms with van der Waals surface area (Å²) in [5.74, 6) is -0.0789. The predicted molar refractivity (Wildman–Crippen MR) is 109 cm³/mol. The highest BCUT2D eigenvalue weighted by molar-refractivity contribution is 6.05. The maximum absolute atomic E-state index is 12.9. The Morgan fingerprint density at radius 3 is 2.61 bits per heavy atom. The summed E-state index contributed by atoms with van der Waals surface area (Å²) in [6.07, 6.45) is 3.73. The Bertz CT molecular complexity index is 1010. The van der Waals surface area contributed by atoms with Crippen molar-refractivity contribution in [3.8, 4) is 5.69 Å². The Kier molecular flexibility index (Phi) is 4.93. The van der Waals surface area contributed by atoms with Gasteiger partial charge in [-0.05, 0) is 43.2 Å². The van der Waals surface area contributed by atoms with Gasteiger partial charge in [0.1, 0.15) is 0 Å². The second-order valence-electron chi connectivity index (χ2n) is 6.76. The molecule has 2 aromatic carbocycles. The van der Waals surface area contributed by atoms with E-state index in [1.807, 2.05) is 61.5 Å². The standard InChI is InChI=1S/C22H22N4O2/c1-2-20-19(15-23-26(20)17-9-4-3-5-10-17)22(28)24-16-8-6-11-18(14-16)25-13-7-12-21(25)27/h3-6,8-11,14-15H,2,7,12-13H2,1H3,(H,24,28). The van der Waals surface area contributed by atoms with E-state index >= 15 is 0 Å². The third-order valence-corrected chi connectivity index (χ3v) is 4.94. The van der Waals surface area contributed by atoms with Crippen molar-refractivity contribution >= 4 is 23.2 Å². The minimum atomic E-state index is -0.205. The first-order valence-electron chi connectivity index (χ1n) is 9.51. The lowest BCUT2D eigenvalue weighted by Gasteiger charge is -2.16. The number of rotatable bonds is 5. The van der Waals surface area contributed by atoms with Gasteiger partial charge in [0, 0.05) is 24.3 Å². The second kappa shape index (κ2) is 7.68. The molecule has 0 atom stereocenters. The fourth-order valence-electron chi connectivity index (χ4n) is 3.57. The Hall–Kier alpha value is -3.41. The summed E-state index contributed by atoms with van der Waals surface area (Å²) in [5.41, 5.74) is 3.81. The average Bonchev–Trinajstić information content (AvgIpc) is 3.35. The number of hydrogen-bond donors (Lipinski definition) is 1. The minimum Gasteiger partial charge on any atom is -0.322 e. The minimum absolute atomic E-state index is 0.126. The molecule has 0 aliphatic carbocycles. The largest absolute Gasteiger partial charge is 0.322 e. The number of carbonyl (C=O) groups is 2. The van der Waals surface area contributed by atoms with Crippen LogP contribution < -0.4 is 10.2 Å². The Labute approximate surface area is 163 Å². The summed E-state index contributed by atoms with van der Waals surface area (Å²) in [7, 11) is 0. The highest BCUT2D eigenvalue weighted by atomic mass is 16.2. The first-order chi connectivity index (χ1) is 13.7. The molecule has 142 valence electrons. The van der Waals surface area contributed by atoms with Gasteiger partial charge in [-0.2, -0.15) is 5.10 Å². The number of carbonyl (C=O) groups excluding carboxylic acids is 2. The quantitative estimate of drug-likeness (QED) is 0.738. The molecule has 0 unspecified atom stereocenters. The molecule has 3 aromatic rings. The summed E-state index contributed by atoms with van der Waals surface area (Å²) in [6, 6.07) is 17.2.